The van der Waals surface area contributed by atoms with E-state index in [1.807, 2.05) is 0 Å². The van der Waals surface area contributed by atoms with Gasteiger partial charge in [0.05, 0.1) is 17.0 Å². The van der Waals surface area contributed by atoms with Crippen molar-refractivity contribution in [3.05, 3.63) is 82.7 Å². The molecule has 0 radical (unpaired) electrons. The second-order valence-corrected chi connectivity index (χ2v) is 8.09. The number of carbonyl (C=O) groups excluding carboxylic acids is 1. The van der Waals surface area contributed by atoms with Gasteiger partial charge < -0.3 is 9.73 Å². The maximum Gasteiger partial charge on any atom is 0.263 e. The minimum atomic E-state index is -3.99. The number of benzene rings is 2. The van der Waals surface area contributed by atoms with E-state index in [-0.39, 0.29) is 15.6 Å². The van der Waals surface area contributed by atoms with Gasteiger partial charge in [0, 0.05) is 16.8 Å². The topological polar surface area (TPSA) is 88.4 Å². The fourth-order valence-electron chi connectivity index (χ4n) is 2.28. The molecule has 2 aromatic carbocycles. The summed E-state index contributed by atoms with van der Waals surface area (Å²) in [5.74, 6) is 0.0603. The van der Waals surface area contributed by atoms with Gasteiger partial charge in [-0.25, -0.2) is 8.42 Å². The van der Waals surface area contributed by atoms with E-state index in [2.05, 4.69) is 10.0 Å². The smallest absolute Gasteiger partial charge is 0.263 e. The van der Waals surface area contributed by atoms with Gasteiger partial charge in [-0.05, 0) is 54.6 Å². The zero-order chi connectivity index (χ0) is 20.1. The summed E-state index contributed by atoms with van der Waals surface area (Å²) in [6, 6.07) is 13.8. The first kappa shape index (κ1) is 20.0. The normalized spacial score (nSPS) is 11.5. The van der Waals surface area contributed by atoms with E-state index in [9.17, 15) is 13.2 Å². The molecule has 3 aromatic rings. The number of amides is 1. The molecule has 0 aliphatic carbocycles. The van der Waals surface area contributed by atoms with Crippen molar-refractivity contribution in [2.45, 2.75) is 4.90 Å². The van der Waals surface area contributed by atoms with Gasteiger partial charge in [0.1, 0.15) is 10.7 Å². The third-order valence-electron chi connectivity index (χ3n) is 3.51. The molecule has 0 atom stereocenters. The molecule has 144 valence electrons. The minimum absolute atomic E-state index is 0.0126. The molecule has 0 bridgehead atoms. The van der Waals surface area contributed by atoms with Crippen LogP contribution in [0.3, 0.4) is 0 Å². The summed E-state index contributed by atoms with van der Waals surface area (Å²) in [6.45, 7) is 0. The first-order valence-corrected chi connectivity index (χ1v) is 10.2. The lowest BCUT2D eigenvalue weighted by Crippen LogP contribution is -2.14. The summed E-state index contributed by atoms with van der Waals surface area (Å²) in [4.78, 5) is 11.9. The van der Waals surface area contributed by atoms with Crippen LogP contribution in [0.2, 0.25) is 10.0 Å². The third-order valence-corrected chi connectivity index (χ3v) is 5.61. The van der Waals surface area contributed by atoms with Gasteiger partial charge in [-0.1, -0.05) is 29.3 Å². The number of sulfonamides is 1. The van der Waals surface area contributed by atoms with Gasteiger partial charge in [0.25, 0.3) is 10.0 Å². The van der Waals surface area contributed by atoms with Crippen LogP contribution < -0.4 is 10.0 Å². The van der Waals surface area contributed by atoms with Crippen molar-refractivity contribution in [1.82, 2.24) is 0 Å². The molecule has 28 heavy (non-hydrogen) atoms. The van der Waals surface area contributed by atoms with Crippen LogP contribution in [0.15, 0.2) is 76.2 Å². The molecule has 1 heterocycles. The Morgan fingerprint density at radius 3 is 2.54 bits per heavy atom. The van der Waals surface area contributed by atoms with Crippen LogP contribution >= 0.6 is 23.2 Å². The molecular formula is C19H14Cl2N2O4S. The number of anilines is 2. The first-order valence-electron chi connectivity index (χ1n) is 7.94. The molecule has 0 unspecified atom stereocenters. The average molecular weight is 437 g/mol. The second-order valence-electron chi connectivity index (χ2n) is 5.60. The van der Waals surface area contributed by atoms with Gasteiger partial charge in [0.2, 0.25) is 5.91 Å². The molecule has 0 spiro atoms. The monoisotopic (exact) mass is 436 g/mol. The van der Waals surface area contributed by atoms with Crippen LogP contribution in [0.25, 0.3) is 6.08 Å². The van der Waals surface area contributed by atoms with E-state index in [1.165, 1.54) is 42.7 Å². The predicted molar refractivity (Wildman–Crippen MR) is 110 cm³/mol. The SMILES string of the molecule is O=C(/C=C/c1ccco1)Nc1ccc(Cl)c(S(=O)(=O)Nc2cccc(Cl)c2)c1. The van der Waals surface area contributed by atoms with Gasteiger partial charge in [-0.2, -0.15) is 0 Å². The van der Waals surface area contributed by atoms with Crippen LogP contribution in [-0.4, -0.2) is 14.3 Å². The van der Waals surface area contributed by atoms with Crippen LogP contribution in [-0.2, 0) is 14.8 Å². The standard InChI is InChI=1S/C19H14Cl2N2O4S/c20-13-3-1-4-15(11-13)23-28(25,26)18-12-14(6-8-17(18)21)22-19(24)9-7-16-5-2-10-27-16/h1-12,23H,(H,22,24)/b9-7+. The van der Waals surface area contributed by atoms with Crippen LogP contribution in [0, 0.1) is 0 Å². The maximum atomic E-state index is 12.7. The molecule has 0 fully saturated rings. The lowest BCUT2D eigenvalue weighted by molar-refractivity contribution is -0.111. The number of halogens is 2. The molecule has 9 heteroatoms. The Morgan fingerprint density at radius 2 is 1.82 bits per heavy atom. The van der Waals surface area contributed by atoms with E-state index in [0.29, 0.717) is 16.5 Å². The molecule has 0 aliphatic heterocycles. The Balaban J connectivity index is 1.79. The molecule has 0 aliphatic rings. The summed E-state index contributed by atoms with van der Waals surface area (Å²) in [7, 11) is -3.99. The molecular weight excluding hydrogens is 423 g/mol. The summed E-state index contributed by atoms with van der Waals surface area (Å²) >= 11 is 11.9. The second kappa shape index (κ2) is 8.52. The largest absolute Gasteiger partial charge is 0.465 e. The number of hydrogen-bond donors (Lipinski definition) is 2. The molecule has 0 saturated carbocycles. The van der Waals surface area contributed by atoms with E-state index >= 15 is 0 Å². The molecule has 1 amide bonds. The van der Waals surface area contributed by atoms with Gasteiger partial charge in [0.15, 0.2) is 0 Å². The summed E-state index contributed by atoms with van der Waals surface area (Å²) < 4.78 is 32.9. The van der Waals surface area contributed by atoms with Crippen LogP contribution in [0.5, 0.6) is 0 Å². The Kier molecular flexibility index (Phi) is 6.08. The maximum absolute atomic E-state index is 12.7. The molecule has 2 N–H and O–H groups in total. The highest BCUT2D eigenvalue weighted by Gasteiger charge is 2.19. The number of carbonyl (C=O) groups is 1. The highest BCUT2D eigenvalue weighted by molar-refractivity contribution is 7.92. The first-order chi connectivity index (χ1) is 13.3. The van der Waals surface area contributed by atoms with E-state index < -0.39 is 15.9 Å². The number of furan rings is 1. The van der Waals surface area contributed by atoms with Gasteiger partial charge in [-0.15, -0.1) is 0 Å². The number of hydrogen-bond acceptors (Lipinski definition) is 4. The Labute approximate surface area is 171 Å². The van der Waals surface area contributed by atoms with Crippen molar-refractivity contribution in [3.63, 3.8) is 0 Å². The zero-order valence-electron chi connectivity index (χ0n) is 14.2. The van der Waals surface area contributed by atoms with Crippen molar-refractivity contribution < 1.29 is 17.6 Å². The number of nitrogens with one attached hydrogen (secondary N) is 2. The predicted octanol–water partition coefficient (Wildman–Crippen LogP) is 5.04. The van der Waals surface area contributed by atoms with Crippen molar-refractivity contribution in [3.8, 4) is 0 Å². The highest BCUT2D eigenvalue weighted by Crippen LogP contribution is 2.27. The molecule has 6 nitrogen and oxygen atoms in total. The fourth-order valence-corrected chi connectivity index (χ4v) is 4.04. The summed E-state index contributed by atoms with van der Waals surface area (Å²) in [6.07, 6.45) is 4.25. The quantitative estimate of drug-likeness (QED) is 0.529. The van der Waals surface area contributed by atoms with Crippen molar-refractivity contribution >= 4 is 56.6 Å². The summed E-state index contributed by atoms with van der Waals surface area (Å²) in [5, 5.41) is 2.98. The van der Waals surface area contributed by atoms with E-state index in [1.54, 1.807) is 30.3 Å². The molecule has 3 rings (SSSR count). The lowest BCUT2D eigenvalue weighted by atomic mass is 10.3. The molecule has 0 saturated heterocycles. The molecule has 1 aromatic heterocycles. The third kappa shape index (κ3) is 5.16. The Morgan fingerprint density at radius 1 is 1.00 bits per heavy atom. The van der Waals surface area contributed by atoms with Crippen LogP contribution in [0.1, 0.15) is 5.76 Å². The van der Waals surface area contributed by atoms with Crippen molar-refractivity contribution in [2.75, 3.05) is 10.0 Å². The lowest BCUT2D eigenvalue weighted by Gasteiger charge is -2.11. The summed E-state index contributed by atoms with van der Waals surface area (Å²) in [5.41, 5.74) is 0.560. The van der Waals surface area contributed by atoms with E-state index in [4.69, 9.17) is 27.6 Å². The average Bonchev–Trinajstić information content (AvgIpc) is 3.15. The highest BCUT2D eigenvalue weighted by atomic mass is 35.5. The Hall–Kier alpha value is -2.74. The Bertz CT molecular complexity index is 1130. The van der Waals surface area contributed by atoms with E-state index in [0.717, 1.165) is 0 Å². The fraction of sp³-hybridized carbons (Fsp3) is 0. The van der Waals surface area contributed by atoms with Gasteiger partial charge in [-0.3, -0.25) is 9.52 Å². The minimum Gasteiger partial charge on any atom is -0.465 e. The van der Waals surface area contributed by atoms with Crippen molar-refractivity contribution in [2.24, 2.45) is 0 Å². The number of rotatable bonds is 6. The van der Waals surface area contributed by atoms with Crippen LogP contribution in [0.4, 0.5) is 11.4 Å². The zero-order valence-corrected chi connectivity index (χ0v) is 16.6. The van der Waals surface area contributed by atoms with Crippen molar-refractivity contribution in [1.29, 1.82) is 0 Å². The van der Waals surface area contributed by atoms with Gasteiger partial charge >= 0.3 is 0 Å².